The Morgan fingerprint density at radius 2 is 1.77 bits per heavy atom. The Balaban J connectivity index is 1.53. The van der Waals surface area contributed by atoms with Crippen molar-refractivity contribution in [3.8, 4) is 5.69 Å². The van der Waals surface area contributed by atoms with Crippen LogP contribution in [0.5, 0.6) is 0 Å². The summed E-state index contributed by atoms with van der Waals surface area (Å²) < 4.78 is 2.33. The Labute approximate surface area is 191 Å². The zero-order valence-corrected chi connectivity index (χ0v) is 20.0. The topological polar surface area (TPSA) is 41.4 Å². The number of nitrogens with one attached hydrogen (secondary N) is 2. The summed E-state index contributed by atoms with van der Waals surface area (Å²) in [4.78, 5) is 6.88. The zero-order valence-electron chi connectivity index (χ0n) is 19.2. The van der Waals surface area contributed by atoms with Gasteiger partial charge in [0.15, 0.2) is 5.84 Å². The Kier molecular flexibility index (Phi) is 9.38. The SMILES string of the molecule is CCCCCCc1ccc(-n2cccc2CCCc2ccc(C(=NC)NNC)s2)cc1. The molecule has 0 fully saturated rings. The summed E-state index contributed by atoms with van der Waals surface area (Å²) in [5.41, 5.74) is 10.1. The molecule has 2 aromatic heterocycles. The van der Waals surface area contributed by atoms with Crippen molar-refractivity contribution in [2.45, 2.75) is 58.3 Å². The highest BCUT2D eigenvalue weighted by molar-refractivity contribution is 7.14. The zero-order chi connectivity index (χ0) is 21.9. The number of amidine groups is 1. The van der Waals surface area contributed by atoms with Crippen molar-refractivity contribution in [3.63, 3.8) is 0 Å². The van der Waals surface area contributed by atoms with Crippen LogP contribution in [0.3, 0.4) is 0 Å². The van der Waals surface area contributed by atoms with Crippen LogP contribution in [0.15, 0.2) is 59.7 Å². The van der Waals surface area contributed by atoms with E-state index in [9.17, 15) is 0 Å². The van der Waals surface area contributed by atoms with Gasteiger partial charge in [-0.3, -0.25) is 4.99 Å². The molecule has 5 heteroatoms. The number of aromatic nitrogens is 1. The van der Waals surface area contributed by atoms with Crippen LogP contribution in [-0.4, -0.2) is 24.5 Å². The second-order valence-corrected chi connectivity index (χ2v) is 9.08. The number of hydrazine groups is 1. The minimum Gasteiger partial charge on any atom is -0.321 e. The van der Waals surface area contributed by atoms with Gasteiger partial charge in [-0.15, -0.1) is 11.3 Å². The van der Waals surface area contributed by atoms with Gasteiger partial charge in [0, 0.05) is 36.6 Å². The molecule has 2 heterocycles. The molecule has 1 aromatic carbocycles. The Morgan fingerprint density at radius 3 is 2.52 bits per heavy atom. The quantitative estimate of drug-likeness (QED) is 0.160. The normalized spacial score (nSPS) is 11.8. The minimum absolute atomic E-state index is 0.890. The third-order valence-corrected chi connectivity index (χ3v) is 6.74. The van der Waals surface area contributed by atoms with Crippen molar-refractivity contribution in [3.05, 3.63) is 75.7 Å². The van der Waals surface area contributed by atoms with Gasteiger partial charge in [0.2, 0.25) is 0 Å². The molecule has 166 valence electrons. The molecule has 0 amide bonds. The number of thiophene rings is 1. The predicted octanol–water partition coefficient (Wildman–Crippen LogP) is 5.94. The maximum absolute atomic E-state index is 4.31. The molecule has 3 aromatic rings. The molecule has 0 saturated heterocycles. The van der Waals surface area contributed by atoms with Crippen molar-refractivity contribution in [1.82, 2.24) is 15.4 Å². The number of hydrogen-bond donors (Lipinski definition) is 2. The van der Waals surface area contributed by atoms with Gasteiger partial charge in [-0.25, -0.2) is 5.43 Å². The fourth-order valence-corrected chi connectivity index (χ4v) is 4.92. The first kappa shape index (κ1) is 23.3. The number of nitrogens with zero attached hydrogens (tertiary/aromatic N) is 2. The summed E-state index contributed by atoms with van der Waals surface area (Å²) in [6.45, 7) is 2.26. The molecular formula is C26H36N4S. The van der Waals surface area contributed by atoms with Crippen LogP contribution < -0.4 is 10.9 Å². The van der Waals surface area contributed by atoms with E-state index in [0.717, 1.165) is 25.1 Å². The van der Waals surface area contributed by atoms with E-state index in [-0.39, 0.29) is 0 Å². The van der Waals surface area contributed by atoms with E-state index in [1.807, 2.05) is 25.4 Å². The van der Waals surface area contributed by atoms with Crippen LogP contribution in [0.25, 0.3) is 5.69 Å². The summed E-state index contributed by atoms with van der Waals surface area (Å²) in [7, 11) is 3.67. The Morgan fingerprint density at radius 1 is 0.935 bits per heavy atom. The fraction of sp³-hybridized carbons (Fsp3) is 0.423. The highest BCUT2D eigenvalue weighted by Crippen LogP contribution is 2.21. The van der Waals surface area contributed by atoms with Crippen LogP contribution in [0.1, 0.15) is 60.0 Å². The van der Waals surface area contributed by atoms with Gasteiger partial charge < -0.3 is 9.99 Å². The maximum Gasteiger partial charge on any atom is 0.152 e. The second-order valence-electron chi connectivity index (χ2n) is 7.91. The summed E-state index contributed by atoms with van der Waals surface area (Å²) in [6.07, 6.45) is 11.9. The Hall–Kier alpha value is -2.37. The van der Waals surface area contributed by atoms with Crippen LogP contribution in [-0.2, 0) is 19.3 Å². The average molecular weight is 437 g/mol. The number of unbranched alkanes of at least 4 members (excludes halogenated alkanes) is 3. The summed E-state index contributed by atoms with van der Waals surface area (Å²) in [6, 6.07) is 17.9. The number of rotatable bonds is 12. The van der Waals surface area contributed by atoms with E-state index in [1.165, 1.54) is 58.8 Å². The monoisotopic (exact) mass is 436 g/mol. The minimum atomic E-state index is 0.890. The van der Waals surface area contributed by atoms with Crippen molar-refractivity contribution in [2.75, 3.05) is 14.1 Å². The molecular weight excluding hydrogens is 400 g/mol. The van der Waals surface area contributed by atoms with Gasteiger partial charge in [0.1, 0.15) is 0 Å². The second kappa shape index (κ2) is 12.5. The average Bonchev–Trinajstić information content (AvgIpc) is 3.45. The molecule has 2 N–H and O–H groups in total. The molecule has 31 heavy (non-hydrogen) atoms. The molecule has 0 aliphatic carbocycles. The van der Waals surface area contributed by atoms with Crippen molar-refractivity contribution in [1.29, 1.82) is 0 Å². The molecule has 0 aliphatic rings. The lowest BCUT2D eigenvalue weighted by atomic mass is 10.1. The molecule has 0 aliphatic heterocycles. The van der Waals surface area contributed by atoms with Crippen LogP contribution in [0, 0.1) is 0 Å². The smallest absolute Gasteiger partial charge is 0.152 e. The number of aryl methyl sites for hydroxylation is 3. The van der Waals surface area contributed by atoms with E-state index in [1.54, 1.807) is 0 Å². The van der Waals surface area contributed by atoms with E-state index >= 15 is 0 Å². The first-order valence-corrected chi connectivity index (χ1v) is 12.3. The Bertz CT molecular complexity index is 936. The van der Waals surface area contributed by atoms with Gasteiger partial charge in [-0.1, -0.05) is 38.3 Å². The molecule has 0 radical (unpaired) electrons. The molecule has 0 spiro atoms. The van der Waals surface area contributed by atoms with Crippen LogP contribution in [0.2, 0.25) is 0 Å². The van der Waals surface area contributed by atoms with Crippen LogP contribution >= 0.6 is 11.3 Å². The lowest BCUT2D eigenvalue weighted by Crippen LogP contribution is -2.34. The third-order valence-electron chi connectivity index (χ3n) is 5.58. The van der Waals surface area contributed by atoms with E-state index in [0.29, 0.717) is 0 Å². The van der Waals surface area contributed by atoms with Crippen molar-refractivity contribution in [2.24, 2.45) is 4.99 Å². The standard InChI is InChI=1S/C26H36N4S/c1-4-5-6-7-10-21-14-16-23(17-15-21)30-20-9-12-22(30)11-8-13-24-18-19-25(31-24)26(27-2)29-28-3/h9,12,14-20,28H,4-8,10-11,13H2,1-3H3,(H,27,29). The lowest BCUT2D eigenvalue weighted by Gasteiger charge is -2.10. The third kappa shape index (κ3) is 6.81. The number of benzene rings is 1. The molecule has 0 bridgehead atoms. The number of aliphatic imine (C=N–C) groups is 1. The fourth-order valence-electron chi connectivity index (χ4n) is 3.88. The van der Waals surface area contributed by atoms with E-state index in [4.69, 9.17) is 0 Å². The van der Waals surface area contributed by atoms with Gasteiger partial charge >= 0.3 is 0 Å². The summed E-state index contributed by atoms with van der Waals surface area (Å²) in [5, 5.41) is 0. The molecule has 0 atom stereocenters. The van der Waals surface area contributed by atoms with Gasteiger partial charge in [-0.05, 0) is 74.1 Å². The lowest BCUT2D eigenvalue weighted by molar-refractivity contribution is 0.667. The van der Waals surface area contributed by atoms with Crippen LogP contribution in [0.4, 0.5) is 0 Å². The van der Waals surface area contributed by atoms with Crippen molar-refractivity contribution < 1.29 is 0 Å². The largest absolute Gasteiger partial charge is 0.321 e. The van der Waals surface area contributed by atoms with Gasteiger partial charge in [0.05, 0.1) is 4.88 Å². The molecule has 3 rings (SSSR count). The highest BCUT2D eigenvalue weighted by atomic mass is 32.1. The molecule has 0 unspecified atom stereocenters. The predicted molar refractivity (Wildman–Crippen MR) is 135 cm³/mol. The highest BCUT2D eigenvalue weighted by Gasteiger charge is 2.08. The molecule has 4 nitrogen and oxygen atoms in total. The summed E-state index contributed by atoms with van der Waals surface area (Å²) >= 11 is 1.81. The van der Waals surface area contributed by atoms with Gasteiger partial charge in [-0.2, -0.15) is 0 Å². The first-order valence-electron chi connectivity index (χ1n) is 11.5. The van der Waals surface area contributed by atoms with Gasteiger partial charge in [0.25, 0.3) is 0 Å². The van der Waals surface area contributed by atoms with Crippen molar-refractivity contribution >= 4 is 17.2 Å². The number of hydrogen-bond acceptors (Lipinski definition) is 3. The first-order chi connectivity index (χ1) is 15.2. The molecule has 0 saturated carbocycles. The maximum atomic E-state index is 4.31. The van der Waals surface area contributed by atoms with E-state index in [2.05, 4.69) is 82.1 Å². The summed E-state index contributed by atoms with van der Waals surface area (Å²) in [5.74, 6) is 0.890. The van der Waals surface area contributed by atoms with E-state index < -0.39 is 0 Å².